The van der Waals surface area contributed by atoms with Gasteiger partial charge in [0.15, 0.2) is 0 Å². The number of benzene rings is 6. The highest BCUT2D eigenvalue weighted by atomic mass is 32.1. The molecule has 0 fully saturated rings. The molecule has 0 radical (unpaired) electrons. The Morgan fingerprint density at radius 2 is 1.22 bits per heavy atom. The Kier molecular flexibility index (Phi) is 7.33. The normalized spacial score (nSPS) is 18.7. The van der Waals surface area contributed by atoms with Crippen LogP contribution in [0.2, 0.25) is 0 Å². The van der Waals surface area contributed by atoms with E-state index in [4.69, 9.17) is 0 Å². The Balaban J connectivity index is 1.22. The van der Waals surface area contributed by atoms with Gasteiger partial charge in [-0.2, -0.15) is 0 Å². The van der Waals surface area contributed by atoms with Crippen LogP contribution < -0.4 is 0 Å². The Bertz CT molecular complexity index is 2400. The van der Waals surface area contributed by atoms with Crippen molar-refractivity contribution in [2.24, 2.45) is 0 Å². The minimum Gasteiger partial charge on any atom is -0.139 e. The first-order chi connectivity index (χ1) is 24.1. The molecule has 0 spiro atoms. The molecule has 0 amide bonds. The summed E-state index contributed by atoms with van der Waals surface area (Å²) >= 11 is 1.92. The molecule has 0 saturated carbocycles. The largest absolute Gasteiger partial charge is 0.139 e. The fourth-order valence-electron chi connectivity index (χ4n) is 8.16. The van der Waals surface area contributed by atoms with Crippen LogP contribution in [-0.4, -0.2) is 0 Å². The zero-order valence-electron chi connectivity index (χ0n) is 28.0. The van der Waals surface area contributed by atoms with Crippen molar-refractivity contribution in [2.45, 2.75) is 38.0 Å². The second kappa shape index (κ2) is 12.0. The predicted molar refractivity (Wildman–Crippen MR) is 212 cm³/mol. The van der Waals surface area contributed by atoms with Crippen LogP contribution >= 0.6 is 11.3 Å². The van der Waals surface area contributed by atoms with Crippen molar-refractivity contribution >= 4 is 44.0 Å². The van der Waals surface area contributed by atoms with Crippen molar-refractivity contribution < 1.29 is 0 Å². The second-order valence-corrected chi connectivity index (χ2v) is 15.0. The molecule has 49 heavy (non-hydrogen) atoms. The van der Waals surface area contributed by atoms with Crippen molar-refractivity contribution in [3.63, 3.8) is 0 Å². The number of thiophene rings is 1. The third-order valence-electron chi connectivity index (χ3n) is 10.7. The second-order valence-electron chi connectivity index (χ2n) is 13.9. The van der Waals surface area contributed by atoms with Gasteiger partial charge >= 0.3 is 0 Å². The number of hydrogen-bond donors (Lipinski definition) is 0. The van der Waals surface area contributed by atoms with Crippen LogP contribution in [0.3, 0.4) is 0 Å². The van der Waals surface area contributed by atoms with E-state index in [0.717, 1.165) is 12.8 Å². The molecule has 9 rings (SSSR count). The smallest absolute Gasteiger partial charge is 0.0345 e. The summed E-state index contributed by atoms with van der Waals surface area (Å²) in [6.07, 6.45) is 11.8. The Labute approximate surface area is 293 Å². The molecule has 2 aliphatic rings. The molecule has 2 atom stereocenters. The molecule has 1 heteroatoms. The first-order valence-corrected chi connectivity index (χ1v) is 18.3. The van der Waals surface area contributed by atoms with Gasteiger partial charge in [0.05, 0.1) is 0 Å². The minimum absolute atomic E-state index is 0.0853. The van der Waals surface area contributed by atoms with Gasteiger partial charge in [0.25, 0.3) is 0 Å². The van der Waals surface area contributed by atoms with Gasteiger partial charge in [0.1, 0.15) is 0 Å². The maximum Gasteiger partial charge on any atom is 0.0345 e. The lowest BCUT2D eigenvalue weighted by atomic mass is 9.76. The summed E-state index contributed by atoms with van der Waals surface area (Å²) in [5.41, 5.74) is 11.9. The lowest BCUT2D eigenvalue weighted by molar-refractivity contribution is 0.615. The molecule has 0 N–H and O–H groups in total. The molecule has 1 aromatic heterocycles. The van der Waals surface area contributed by atoms with Gasteiger partial charge in [-0.15, -0.1) is 11.3 Å². The summed E-state index contributed by atoms with van der Waals surface area (Å²) in [5, 5.41) is 5.21. The van der Waals surface area contributed by atoms with E-state index in [1.807, 2.05) is 11.3 Å². The van der Waals surface area contributed by atoms with Crippen LogP contribution in [0.4, 0.5) is 0 Å². The molecule has 236 valence electrons. The van der Waals surface area contributed by atoms with Crippen molar-refractivity contribution in [1.29, 1.82) is 0 Å². The van der Waals surface area contributed by atoms with Crippen LogP contribution in [0.25, 0.3) is 54.3 Å². The molecule has 6 aromatic carbocycles. The van der Waals surface area contributed by atoms with Gasteiger partial charge in [-0.3, -0.25) is 0 Å². The van der Waals surface area contributed by atoms with Gasteiger partial charge in [0.2, 0.25) is 0 Å². The van der Waals surface area contributed by atoms with Crippen molar-refractivity contribution in [3.8, 4) is 21.6 Å². The zero-order valence-corrected chi connectivity index (χ0v) is 28.8. The predicted octanol–water partition coefficient (Wildman–Crippen LogP) is 13.6. The molecule has 2 aliphatic carbocycles. The maximum absolute atomic E-state index is 2.54. The average Bonchev–Trinajstić information content (AvgIpc) is 3.66. The number of allylic oxidation sites excluding steroid dienone is 5. The quantitative estimate of drug-likeness (QED) is 0.163. The lowest BCUT2D eigenvalue weighted by Gasteiger charge is -2.29. The molecule has 0 saturated heterocycles. The highest BCUT2D eigenvalue weighted by molar-refractivity contribution is 7.15. The molecule has 0 bridgehead atoms. The SMILES string of the molecule is CC1CC=C(c2ccccc2)c2cc(-c3c4ccccc4c(C4=CC(C)(c5ccc(-c6ccccc6)s5)CC=C4)c4ccccc34)ccc21. The molecule has 1 heterocycles. The number of fused-ring (bicyclic) bond motifs is 3. The van der Waals surface area contributed by atoms with Crippen LogP contribution in [-0.2, 0) is 5.41 Å². The Hall–Kier alpha value is -5.24. The first kappa shape index (κ1) is 29.9. The van der Waals surface area contributed by atoms with Crippen molar-refractivity contribution in [2.75, 3.05) is 0 Å². The lowest BCUT2D eigenvalue weighted by Crippen LogP contribution is -2.19. The average molecular weight is 647 g/mol. The summed E-state index contributed by atoms with van der Waals surface area (Å²) in [4.78, 5) is 2.73. The third kappa shape index (κ3) is 5.12. The maximum atomic E-state index is 2.54. The van der Waals surface area contributed by atoms with Gasteiger partial charge < -0.3 is 0 Å². The standard InChI is InChI=1S/C48H38S/c1-32-23-25-38(33-14-5-3-6-15-33)43-30-35(24-26-37(32)43)46-39-19-9-11-21-41(39)47(42-22-12-10-20-40(42)46)36-18-13-29-48(2,31-36)45-28-27-44(49-45)34-16-7-4-8-17-34/h3-22,24-28,30-32H,23,29H2,1-2H3. The fourth-order valence-corrected chi connectivity index (χ4v) is 9.30. The van der Waals surface area contributed by atoms with E-state index in [9.17, 15) is 0 Å². The number of rotatable bonds is 5. The van der Waals surface area contributed by atoms with E-state index in [1.165, 1.54) is 81.4 Å². The monoisotopic (exact) mass is 646 g/mol. The summed E-state index contributed by atoms with van der Waals surface area (Å²) < 4.78 is 0. The van der Waals surface area contributed by atoms with Crippen molar-refractivity contribution in [3.05, 3.63) is 191 Å². The van der Waals surface area contributed by atoms with E-state index in [-0.39, 0.29) is 5.41 Å². The van der Waals surface area contributed by atoms with Crippen molar-refractivity contribution in [1.82, 2.24) is 0 Å². The molecular formula is C48H38S. The zero-order chi connectivity index (χ0) is 33.0. The van der Waals surface area contributed by atoms with Crippen LogP contribution in [0.5, 0.6) is 0 Å². The Morgan fingerprint density at radius 3 is 1.90 bits per heavy atom. The van der Waals surface area contributed by atoms with E-state index in [2.05, 4.69) is 178 Å². The van der Waals surface area contributed by atoms with Crippen LogP contribution in [0.1, 0.15) is 59.7 Å². The Morgan fingerprint density at radius 1 is 0.612 bits per heavy atom. The number of hydrogen-bond acceptors (Lipinski definition) is 1. The van der Waals surface area contributed by atoms with E-state index in [0.29, 0.717) is 5.92 Å². The summed E-state index contributed by atoms with van der Waals surface area (Å²) in [5.74, 6) is 0.499. The van der Waals surface area contributed by atoms with E-state index >= 15 is 0 Å². The van der Waals surface area contributed by atoms with E-state index < -0.39 is 0 Å². The van der Waals surface area contributed by atoms with Gasteiger partial charge in [-0.1, -0.05) is 159 Å². The van der Waals surface area contributed by atoms with Gasteiger partial charge in [-0.05, 0) is 109 Å². The molecule has 2 unspecified atom stereocenters. The van der Waals surface area contributed by atoms with E-state index in [1.54, 1.807) is 0 Å². The topological polar surface area (TPSA) is 0 Å². The van der Waals surface area contributed by atoms with Gasteiger partial charge in [0, 0.05) is 15.2 Å². The molecular weight excluding hydrogens is 609 g/mol. The van der Waals surface area contributed by atoms with Gasteiger partial charge in [-0.25, -0.2) is 0 Å². The summed E-state index contributed by atoms with van der Waals surface area (Å²) in [7, 11) is 0. The summed E-state index contributed by atoms with van der Waals surface area (Å²) in [6, 6.07) is 51.6. The minimum atomic E-state index is -0.0853. The molecule has 7 aromatic rings. The highest BCUT2D eigenvalue weighted by Crippen LogP contribution is 2.48. The highest BCUT2D eigenvalue weighted by Gasteiger charge is 2.29. The third-order valence-corrected chi connectivity index (χ3v) is 12.1. The first-order valence-electron chi connectivity index (χ1n) is 17.5. The summed E-state index contributed by atoms with van der Waals surface area (Å²) in [6.45, 7) is 4.76. The van der Waals surface area contributed by atoms with Crippen LogP contribution in [0, 0.1) is 0 Å². The molecule has 0 nitrogen and oxygen atoms in total. The molecule has 0 aliphatic heterocycles. The van der Waals surface area contributed by atoms with Crippen LogP contribution in [0.15, 0.2) is 164 Å². The fraction of sp³-hybridized carbons (Fsp3) is 0.125.